The second-order valence-corrected chi connectivity index (χ2v) is 7.33. The molecule has 3 heterocycles. The van der Waals surface area contributed by atoms with Gasteiger partial charge in [0.2, 0.25) is 11.4 Å². The maximum absolute atomic E-state index is 13.2. The number of amides is 1. The maximum atomic E-state index is 13.2. The molecule has 0 aliphatic rings. The van der Waals surface area contributed by atoms with Crippen molar-refractivity contribution in [3.63, 3.8) is 0 Å². The van der Waals surface area contributed by atoms with Crippen molar-refractivity contribution in [2.75, 3.05) is 5.32 Å². The summed E-state index contributed by atoms with van der Waals surface area (Å²) >= 11 is 0. The lowest BCUT2D eigenvalue weighted by atomic mass is 10.1. The number of carbonyl (C=O) groups is 1. The van der Waals surface area contributed by atoms with Crippen molar-refractivity contribution in [1.29, 1.82) is 0 Å². The molecule has 0 unspecified atom stereocenters. The van der Waals surface area contributed by atoms with E-state index in [1.54, 1.807) is 36.4 Å². The number of nitrogens with zero attached hydrogens (tertiary/aromatic N) is 2. The number of fused-ring (bicyclic) bond motifs is 2. The van der Waals surface area contributed by atoms with Gasteiger partial charge in [-0.05, 0) is 42.5 Å². The van der Waals surface area contributed by atoms with Crippen LogP contribution in [0.25, 0.3) is 21.9 Å². The zero-order valence-corrected chi connectivity index (χ0v) is 16.8. The quantitative estimate of drug-likeness (QED) is 0.410. The lowest BCUT2D eigenvalue weighted by Gasteiger charge is -2.10. The largest absolute Gasteiger partial charge is 0.467 e. The van der Waals surface area contributed by atoms with Crippen molar-refractivity contribution < 1.29 is 22.4 Å². The van der Waals surface area contributed by atoms with Gasteiger partial charge in [-0.15, -0.1) is 0 Å². The first-order valence-electron chi connectivity index (χ1n) is 9.83. The molecule has 0 aliphatic carbocycles. The molecule has 2 aromatic carbocycles. The number of furan rings is 1. The molecule has 0 spiro atoms. The summed E-state index contributed by atoms with van der Waals surface area (Å²) in [4.78, 5) is 32.8. The summed E-state index contributed by atoms with van der Waals surface area (Å²) in [6.45, 7) is 0.110. The number of alkyl halides is 3. The summed E-state index contributed by atoms with van der Waals surface area (Å²) < 4.78 is 46.4. The van der Waals surface area contributed by atoms with Crippen LogP contribution in [0.4, 0.5) is 19.1 Å². The van der Waals surface area contributed by atoms with E-state index in [0.29, 0.717) is 22.2 Å². The smallest absolute Gasteiger partial charge is 0.416 e. The molecule has 0 fully saturated rings. The van der Waals surface area contributed by atoms with Crippen molar-refractivity contribution in [1.82, 2.24) is 14.5 Å². The predicted molar refractivity (Wildman–Crippen MR) is 115 cm³/mol. The average molecular weight is 452 g/mol. The van der Waals surface area contributed by atoms with Crippen molar-refractivity contribution in [2.24, 2.45) is 0 Å². The Kier molecular flexibility index (Phi) is 4.77. The number of benzene rings is 2. The van der Waals surface area contributed by atoms with E-state index in [9.17, 15) is 22.8 Å². The van der Waals surface area contributed by atoms with Crippen molar-refractivity contribution in [3.8, 4) is 0 Å². The first kappa shape index (κ1) is 20.6. The number of para-hydroxylation sites is 1. The van der Waals surface area contributed by atoms with Gasteiger partial charge >= 0.3 is 6.18 Å². The zero-order chi connectivity index (χ0) is 23.2. The van der Waals surface area contributed by atoms with Gasteiger partial charge in [0, 0.05) is 17.1 Å². The summed E-state index contributed by atoms with van der Waals surface area (Å²) in [6, 6.07) is 13.2. The monoisotopic (exact) mass is 452 g/mol. The number of anilines is 1. The number of carbonyl (C=O) groups excluding carboxylic acids is 1. The molecule has 0 radical (unpaired) electrons. The Morgan fingerprint density at radius 3 is 2.70 bits per heavy atom. The molecule has 0 atom stereocenters. The van der Waals surface area contributed by atoms with Gasteiger partial charge in [0.15, 0.2) is 0 Å². The molecule has 0 saturated heterocycles. The van der Waals surface area contributed by atoms with E-state index < -0.39 is 23.1 Å². The van der Waals surface area contributed by atoms with Crippen LogP contribution in [0.1, 0.15) is 21.7 Å². The number of rotatable bonds is 4. The molecular formula is C23H15F3N4O3. The third kappa shape index (κ3) is 3.75. The first-order chi connectivity index (χ1) is 15.8. The van der Waals surface area contributed by atoms with Crippen molar-refractivity contribution in [2.45, 2.75) is 12.7 Å². The SMILES string of the molecule is O=C(Nc1nc2cc(C(F)(F)F)ccc2n1Cc1ccco1)c1c[nH]c2ccccc2c1=O. The predicted octanol–water partition coefficient (Wildman–Crippen LogP) is 4.79. The van der Waals surface area contributed by atoms with Crippen LogP contribution in [0, 0.1) is 0 Å². The van der Waals surface area contributed by atoms with Crippen LogP contribution in [-0.2, 0) is 12.7 Å². The van der Waals surface area contributed by atoms with E-state index in [1.165, 1.54) is 23.1 Å². The Morgan fingerprint density at radius 1 is 1.12 bits per heavy atom. The molecule has 1 amide bonds. The average Bonchev–Trinajstić information content (AvgIpc) is 3.41. The second kappa shape index (κ2) is 7.66. The summed E-state index contributed by atoms with van der Waals surface area (Å²) in [6.07, 6.45) is -1.79. The Bertz CT molecular complexity index is 1550. The highest BCUT2D eigenvalue weighted by Crippen LogP contribution is 2.32. The highest BCUT2D eigenvalue weighted by atomic mass is 19.4. The van der Waals surface area contributed by atoms with Crippen LogP contribution in [0.3, 0.4) is 0 Å². The van der Waals surface area contributed by atoms with E-state index >= 15 is 0 Å². The van der Waals surface area contributed by atoms with Crippen LogP contribution >= 0.6 is 0 Å². The van der Waals surface area contributed by atoms with E-state index in [2.05, 4.69) is 15.3 Å². The summed E-state index contributed by atoms with van der Waals surface area (Å²) in [5.41, 5.74) is -0.511. The van der Waals surface area contributed by atoms with Gasteiger partial charge in [-0.25, -0.2) is 4.98 Å². The number of H-pyrrole nitrogens is 1. The van der Waals surface area contributed by atoms with Crippen LogP contribution < -0.4 is 10.7 Å². The molecule has 2 N–H and O–H groups in total. The molecule has 166 valence electrons. The summed E-state index contributed by atoms with van der Waals surface area (Å²) in [5, 5.41) is 2.90. The van der Waals surface area contributed by atoms with Gasteiger partial charge in [0.05, 0.1) is 29.4 Å². The van der Waals surface area contributed by atoms with Crippen LogP contribution in [0.5, 0.6) is 0 Å². The molecule has 0 saturated carbocycles. The highest BCUT2D eigenvalue weighted by molar-refractivity contribution is 6.05. The molecule has 5 rings (SSSR count). The molecule has 7 nitrogen and oxygen atoms in total. The minimum absolute atomic E-state index is 0.0155. The fourth-order valence-corrected chi connectivity index (χ4v) is 3.63. The van der Waals surface area contributed by atoms with Gasteiger partial charge in [0.1, 0.15) is 11.3 Å². The number of hydrogen-bond acceptors (Lipinski definition) is 4. The van der Waals surface area contributed by atoms with Crippen LogP contribution in [0.15, 0.2) is 76.3 Å². The van der Waals surface area contributed by atoms with Gasteiger partial charge in [0.25, 0.3) is 5.91 Å². The van der Waals surface area contributed by atoms with E-state index in [0.717, 1.165) is 12.1 Å². The van der Waals surface area contributed by atoms with E-state index in [4.69, 9.17) is 4.42 Å². The van der Waals surface area contributed by atoms with Crippen LogP contribution in [0.2, 0.25) is 0 Å². The number of imidazole rings is 1. The van der Waals surface area contributed by atoms with Crippen LogP contribution in [-0.4, -0.2) is 20.4 Å². The summed E-state index contributed by atoms with van der Waals surface area (Å²) in [5.74, 6) is -0.249. The number of halogens is 3. The first-order valence-corrected chi connectivity index (χ1v) is 9.83. The molecule has 3 aromatic heterocycles. The van der Waals surface area contributed by atoms with E-state index in [-0.39, 0.29) is 23.6 Å². The Balaban J connectivity index is 1.58. The number of hydrogen-bond donors (Lipinski definition) is 2. The highest BCUT2D eigenvalue weighted by Gasteiger charge is 2.31. The zero-order valence-electron chi connectivity index (χ0n) is 16.8. The molecular weight excluding hydrogens is 437 g/mol. The number of nitrogens with one attached hydrogen (secondary N) is 2. The van der Waals surface area contributed by atoms with Gasteiger partial charge in [-0.2, -0.15) is 13.2 Å². The Hall–Kier alpha value is -4.34. The summed E-state index contributed by atoms with van der Waals surface area (Å²) in [7, 11) is 0. The topological polar surface area (TPSA) is 92.9 Å². The Labute approximate surface area is 183 Å². The standard InChI is InChI=1S/C23H15F3N4O3/c24-23(25,26)13-7-8-19-18(10-13)28-22(30(19)12-14-4-3-9-33-14)29-21(32)16-11-27-17-6-2-1-5-15(17)20(16)31/h1-11H,12H2,(H,27,31)(H,28,29,32). The third-order valence-corrected chi connectivity index (χ3v) is 5.23. The Morgan fingerprint density at radius 2 is 1.94 bits per heavy atom. The minimum Gasteiger partial charge on any atom is -0.467 e. The fourth-order valence-electron chi connectivity index (χ4n) is 3.63. The van der Waals surface area contributed by atoms with Gasteiger partial charge in [-0.3, -0.25) is 14.9 Å². The number of aromatic amines is 1. The molecule has 5 aromatic rings. The van der Waals surface area contributed by atoms with Crippen molar-refractivity contribution >= 4 is 33.8 Å². The fraction of sp³-hybridized carbons (Fsp3) is 0.0870. The van der Waals surface area contributed by atoms with Gasteiger partial charge in [-0.1, -0.05) is 12.1 Å². The normalized spacial score (nSPS) is 11.8. The van der Waals surface area contributed by atoms with E-state index in [1.807, 2.05) is 0 Å². The number of pyridine rings is 1. The molecule has 33 heavy (non-hydrogen) atoms. The lowest BCUT2D eigenvalue weighted by Crippen LogP contribution is -2.23. The minimum atomic E-state index is -4.54. The number of aromatic nitrogens is 3. The van der Waals surface area contributed by atoms with Gasteiger partial charge < -0.3 is 14.0 Å². The molecule has 0 aliphatic heterocycles. The van der Waals surface area contributed by atoms with Crippen molar-refractivity contribution in [3.05, 3.63) is 94.2 Å². The second-order valence-electron chi connectivity index (χ2n) is 7.33. The maximum Gasteiger partial charge on any atom is 0.416 e. The molecule has 10 heteroatoms. The molecule has 0 bridgehead atoms. The third-order valence-electron chi connectivity index (χ3n) is 5.23. The lowest BCUT2D eigenvalue weighted by molar-refractivity contribution is -0.137.